The van der Waals surface area contributed by atoms with Crippen molar-refractivity contribution in [1.29, 1.82) is 0 Å². The summed E-state index contributed by atoms with van der Waals surface area (Å²) in [6.07, 6.45) is 5.72. The summed E-state index contributed by atoms with van der Waals surface area (Å²) in [6.45, 7) is 0. The van der Waals surface area contributed by atoms with Crippen LogP contribution in [0.25, 0.3) is 0 Å². The predicted octanol–water partition coefficient (Wildman–Crippen LogP) is 1.11. The van der Waals surface area contributed by atoms with Gasteiger partial charge >= 0.3 is 0 Å². The zero-order valence-electron chi connectivity index (χ0n) is 9.63. The lowest BCUT2D eigenvalue weighted by Crippen LogP contribution is -2.37. The highest BCUT2D eigenvalue weighted by Crippen LogP contribution is 2.27. The van der Waals surface area contributed by atoms with E-state index in [1.165, 1.54) is 17.1 Å². The number of rotatable bonds is 4. The topological polar surface area (TPSA) is 64.0 Å². The molecule has 2 rings (SSSR count). The molecule has 1 aliphatic rings. The highest BCUT2D eigenvalue weighted by Gasteiger charge is 2.31. The number of aryl methyl sites for hydroxylation is 1. The van der Waals surface area contributed by atoms with E-state index in [1.807, 2.05) is 0 Å². The van der Waals surface area contributed by atoms with Gasteiger partial charge in [-0.2, -0.15) is 5.10 Å². The number of aromatic nitrogens is 2. The van der Waals surface area contributed by atoms with E-state index in [9.17, 15) is 8.42 Å². The second-order valence-corrected chi connectivity index (χ2v) is 6.45. The van der Waals surface area contributed by atoms with Gasteiger partial charge in [0.15, 0.2) is 0 Å². The minimum Gasteiger partial charge on any atom is -0.274 e. The zero-order chi connectivity index (χ0) is 12.5. The minimum absolute atomic E-state index is 0.0438. The van der Waals surface area contributed by atoms with E-state index in [2.05, 4.69) is 9.82 Å². The van der Waals surface area contributed by atoms with Crippen LogP contribution in [0.4, 0.5) is 0 Å². The van der Waals surface area contributed by atoms with Gasteiger partial charge in [-0.1, -0.05) is 6.42 Å². The third kappa shape index (κ3) is 2.81. The molecule has 1 fully saturated rings. The Morgan fingerprint density at radius 3 is 2.94 bits per heavy atom. The van der Waals surface area contributed by atoms with Crippen molar-refractivity contribution in [1.82, 2.24) is 14.5 Å². The van der Waals surface area contributed by atoms with Crippen molar-refractivity contribution in [3.05, 3.63) is 12.4 Å². The molecule has 0 aromatic carbocycles. The van der Waals surface area contributed by atoms with E-state index in [0.717, 1.165) is 19.3 Å². The van der Waals surface area contributed by atoms with Gasteiger partial charge in [0.25, 0.3) is 0 Å². The molecule has 1 aliphatic carbocycles. The zero-order valence-corrected chi connectivity index (χ0v) is 11.2. The summed E-state index contributed by atoms with van der Waals surface area (Å²) in [6, 6.07) is -0.0438. The molecule has 0 radical (unpaired) electrons. The molecule has 5 nitrogen and oxygen atoms in total. The maximum atomic E-state index is 12.1. The first-order valence-electron chi connectivity index (χ1n) is 5.60. The number of sulfonamides is 1. The average molecular weight is 278 g/mol. The Bertz CT molecular complexity index is 485. The van der Waals surface area contributed by atoms with Crippen LogP contribution < -0.4 is 4.72 Å². The Balaban J connectivity index is 2.12. The third-order valence-corrected chi connectivity index (χ3v) is 5.00. The molecule has 0 spiro atoms. The Kier molecular flexibility index (Phi) is 3.75. The van der Waals surface area contributed by atoms with Crippen molar-refractivity contribution in [2.75, 3.05) is 5.88 Å². The van der Waals surface area contributed by atoms with Crippen molar-refractivity contribution in [3.63, 3.8) is 0 Å². The van der Waals surface area contributed by atoms with E-state index >= 15 is 0 Å². The summed E-state index contributed by atoms with van der Waals surface area (Å²) in [4.78, 5) is 0.209. The molecule has 1 aromatic rings. The molecule has 7 heteroatoms. The van der Waals surface area contributed by atoms with Crippen LogP contribution in [-0.2, 0) is 17.1 Å². The van der Waals surface area contributed by atoms with Gasteiger partial charge in [0.1, 0.15) is 4.90 Å². The van der Waals surface area contributed by atoms with Crippen molar-refractivity contribution >= 4 is 21.6 Å². The third-order valence-electron chi connectivity index (χ3n) is 3.16. The Hall–Kier alpha value is -0.590. The van der Waals surface area contributed by atoms with Crippen LogP contribution >= 0.6 is 11.6 Å². The lowest BCUT2D eigenvalue weighted by atomic mass is 10.1. The van der Waals surface area contributed by atoms with E-state index in [1.54, 1.807) is 7.05 Å². The number of hydrogen-bond donors (Lipinski definition) is 1. The predicted molar refractivity (Wildman–Crippen MR) is 65.4 cm³/mol. The fourth-order valence-corrected chi connectivity index (χ4v) is 3.87. The van der Waals surface area contributed by atoms with Crippen LogP contribution in [0.15, 0.2) is 17.3 Å². The van der Waals surface area contributed by atoms with Gasteiger partial charge in [-0.15, -0.1) is 11.6 Å². The van der Waals surface area contributed by atoms with Gasteiger partial charge in [-0.25, -0.2) is 13.1 Å². The summed E-state index contributed by atoms with van der Waals surface area (Å²) in [5.41, 5.74) is 0. The number of nitrogens with zero attached hydrogens (tertiary/aromatic N) is 2. The van der Waals surface area contributed by atoms with Crippen LogP contribution in [0.1, 0.15) is 19.3 Å². The number of alkyl halides is 1. The molecule has 1 heterocycles. The van der Waals surface area contributed by atoms with Gasteiger partial charge in [0.2, 0.25) is 10.0 Å². The summed E-state index contributed by atoms with van der Waals surface area (Å²) in [5.74, 6) is 0.739. The minimum atomic E-state index is -3.46. The largest absolute Gasteiger partial charge is 0.274 e. The van der Waals surface area contributed by atoms with Gasteiger partial charge in [-0.05, 0) is 18.8 Å². The molecule has 2 atom stereocenters. The van der Waals surface area contributed by atoms with Gasteiger partial charge < -0.3 is 0 Å². The van der Waals surface area contributed by atoms with Crippen LogP contribution in [0.2, 0.25) is 0 Å². The highest BCUT2D eigenvalue weighted by atomic mass is 35.5. The second-order valence-electron chi connectivity index (χ2n) is 4.42. The van der Waals surface area contributed by atoms with Gasteiger partial charge in [-0.3, -0.25) is 4.68 Å². The number of nitrogens with one attached hydrogen (secondary N) is 1. The molecule has 0 aliphatic heterocycles. The molecule has 96 valence electrons. The normalized spacial score (nSPS) is 25.3. The molecular formula is C10H16ClN3O2S. The highest BCUT2D eigenvalue weighted by molar-refractivity contribution is 7.89. The van der Waals surface area contributed by atoms with Crippen molar-refractivity contribution in [2.45, 2.75) is 30.2 Å². The maximum Gasteiger partial charge on any atom is 0.243 e. The fourth-order valence-electron chi connectivity index (χ4n) is 2.18. The lowest BCUT2D eigenvalue weighted by Gasteiger charge is -2.18. The first kappa shape index (κ1) is 12.9. The van der Waals surface area contributed by atoms with E-state index in [4.69, 9.17) is 11.6 Å². The van der Waals surface area contributed by atoms with Crippen LogP contribution in [-0.4, -0.2) is 30.1 Å². The first-order chi connectivity index (χ1) is 8.03. The quantitative estimate of drug-likeness (QED) is 0.839. The van der Waals surface area contributed by atoms with Crippen molar-refractivity contribution in [2.24, 2.45) is 13.0 Å². The fraction of sp³-hybridized carbons (Fsp3) is 0.700. The summed E-state index contributed by atoms with van der Waals surface area (Å²) < 4.78 is 28.3. The SMILES string of the molecule is Cn1cc(S(=O)(=O)NC2CCCC2CCl)cn1. The smallest absolute Gasteiger partial charge is 0.243 e. The standard InChI is InChI=1S/C10H16ClN3O2S/c1-14-7-9(6-12-14)17(15,16)13-10-4-2-3-8(10)5-11/h6-8,10,13H,2-5H2,1H3. The van der Waals surface area contributed by atoms with E-state index < -0.39 is 10.0 Å². The molecule has 1 N–H and O–H groups in total. The number of hydrogen-bond acceptors (Lipinski definition) is 3. The summed E-state index contributed by atoms with van der Waals surface area (Å²) in [7, 11) is -1.77. The summed E-state index contributed by atoms with van der Waals surface area (Å²) in [5, 5.41) is 3.87. The second kappa shape index (κ2) is 4.96. The molecular weight excluding hydrogens is 262 g/mol. The van der Waals surface area contributed by atoms with Gasteiger partial charge in [0.05, 0.1) is 6.20 Å². The molecule has 0 saturated heterocycles. The van der Waals surface area contributed by atoms with Crippen LogP contribution in [0.3, 0.4) is 0 Å². The molecule has 2 unspecified atom stereocenters. The average Bonchev–Trinajstić information content (AvgIpc) is 2.86. The maximum absolute atomic E-state index is 12.1. The molecule has 17 heavy (non-hydrogen) atoms. The monoisotopic (exact) mass is 277 g/mol. The lowest BCUT2D eigenvalue weighted by molar-refractivity contribution is 0.480. The van der Waals surface area contributed by atoms with Gasteiger partial charge in [0, 0.05) is 25.2 Å². The van der Waals surface area contributed by atoms with Crippen molar-refractivity contribution in [3.8, 4) is 0 Å². The molecule has 0 amide bonds. The Morgan fingerprint density at radius 1 is 1.59 bits per heavy atom. The van der Waals surface area contributed by atoms with Crippen LogP contribution in [0.5, 0.6) is 0 Å². The Morgan fingerprint density at radius 2 is 2.35 bits per heavy atom. The van der Waals surface area contributed by atoms with E-state index in [-0.39, 0.29) is 16.9 Å². The molecule has 1 aromatic heterocycles. The Labute approximate surface area is 106 Å². The van der Waals surface area contributed by atoms with Crippen molar-refractivity contribution < 1.29 is 8.42 Å². The summed E-state index contributed by atoms with van der Waals surface area (Å²) >= 11 is 5.83. The molecule has 1 saturated carbocycles. The number of halogens is 1. The first-order valence-corrected chi connectivity index (χ1v) is 7.61. The van der Waals surface area contributed by atoms with E-state index in [0.29, 0.717) is 5.88 Å². The van der Waals surface area contributed by atoms with Crippen LogP contribution in [0, 0.1) is 5.92 Å². The molecule has 0 bridgehead atoms.